The molecule has 1 fully saturated rings. The van der Waals surface area contributed by atoms with E-state index in [1.54, 1.807) is 7.11 Å². The van der Waals surface area contributed by atoms with Crippen molar-refractivity contribution in [2.24, 2.45) is 5.92 Å². The third-order valence-electron chi connectivity index (χ3n) is 4.49. The zero-order valence-electron chi connectivity index (χ0n) is 14.4. The SMILES string of the molecule is CCC(C)C(=O)NCC(=O)N1CCN(CCOC)C(CC)C1. The van der Waals surface area contributed by atoms with E-state index in [1.807, 2.05) is 18.7 Å². The predicted octanol–water partition coefficient (Wildman–Crippen LogP) is 0.718. The summed E-state index contributed by atoms with van der Waals surface area (Å²) >= 11 is 0. The maximum atomic E-state index is 12.3. The summed E-state index contributed by atoms with van der Waals surface area (Å²) < 4.78 is 5.14. The van der Waals surface area contributed by atoms with E-state index in [-0.39, 0.29) is 24.3 Å². The van der Waals surface area contributed by atoms with Gasteiger partial charge in [-0.25, -0.2) is 0 Å². The molecule has 0 radical (unpaired) electrons. The minimum absolute atomic E-state index is 0.0153. The minimum Gasteiger partial charge on any atom is -0.383 e. The summed E-state index contributed by atoms with van der Waals surface area (Å²) in [5.41, 5.74) is 0. The van der Waals surface area contributed by atoms with Crippen LogP contribution in [0, 0.1) is 5.92 Å². The number of hydrogen-bond acceptors (Lipinski definition) is 4. The second-order valence-corrected chi connectivity index (χ2v) is 5.96. The summed E-state index contributed by atoms with van der Waals surface area (Å²) in [7, 11) is 1.71. The molecule has 0 aliphatic carbocycles. The number of piperazine rings is 1. The van der Waals surface area contributed by atoms with Crippen LogP contribution in [0.2, 0.25) is 0 Å². The summed E-state index contributed by atoms with van der Waals surface area (Å²) in [5.74, 6) is -0.0646. The van der Waals surface area contributed by atoms with Crippen LogP contribution in [0.15, 0.2) is 0 Å². The Balaban J connectivity index is 2.43. The van der Waals surface area contributed by atoms with Gasteiger partial charge in [0.1, 0.15) is 0 Å². The number of carbonyl (C=O) groups excluding carboxylic acids is 2. The average molecular weight is 313 g/mol. The van der Waals surface area contributed by atoms with Gasteiger partial charge in [0.25, 0.3) is 0 Å². The third kappa shape index (κ3) is 5.57. The van der Waals surface area contributed by atoms with Crippen LogP contribution in [0.1, 0.15) is 33.6 Å². The van der Waals surface area contributed by atoms with Gasteiger partial charge in [0.15, 0.2) is 0 Å². The Bertz CT molecular complexity index is 363. The number of methoxy groups -OCH3 is 1. The molecule has 1 aliphatic rings. The van der Waals surface area contributed by atoms with Gasteiger partial charge in [-0.1, -0.05) is 20.8 Å². The predicted molar refractivity (Wildman–Crippen MR) is 86.6 cm³/mol. The van der Waals surface area contributed by atoms with Crippen LogP contribution in [-0.4, -0.2) is 74.1 Å². The van der Waals surface area contributed by atoms with Crippen molar-refractivity contribution in [2.75, 3.05) is 46.4 Å². The van der Waals surface area contributed by atoms with Gasteiger partial charge in [-0.3, -0.25) is 14.5 Å². The molecule has 2 atom stereocenters. The number of ether oxygens (including phenoxy) is 1. The standard InChI is InChI=1S/C16H31N3O3/c1-5-13(3)16(21)17-11-15(20)19-8-7-18(9-10-22-4)14(6-2)12-19/h13-14H,5-12H2,1-4H3,(H,17,21). The first-order valence-corrected chi connectivity index (χ1v) is 8.31. The molecule has 2 unspecified atom stereocenters. The van der Waals surface area contributed by atoms with Gasteiger partial charge >= 0.3 is 0 Å². The highest BCUT2D eigenvalue weighted by Crippen LogP contribution is 2.12. The van der Waals surface area contributed by atoms with Crippen molar-refractivity contribution in [3.8, 4) is 0 Å². The van der Waals surface area contributed by atoms with Gasteiger partial charge in [-0.2, -0.15) is 0 Å². The summed E-state index contributed by atoms with van der Waals surface area (Å²) in [5, 5.41) is 2.75. The van der Waals surface area contributed by atoms with Crippen molar-refractivity contribution < 1.29 is 14.3 Å². The van der Waals surface area contributed by atoms with Crippen molar-refractivity contribution in [3.63, 3.8) is 0 Å². The van der Waals surface area contributed by atoms with Crippen molar-refractivity contribution in [3.05, 3.63) is 0 Å². The van der Waals surface area contributed by atoms with E-state index in [0.29, 0.717) is 6.04 Å². The molecule has 1 rings (SSSR count). The fourth-order valence-corrected chi connectivity index (χ4v) is 2.64. The number of rotatable bonds is 8. The molecule has 0 bridgehead atoms. The van der Waals surface area contributed by atoms with Crippen LogP contribution in [0.4, 0.5) is 0 Å². The summed E-state index contributed by atoms with van der Waals surface area (Å²) in [6, 6.07) is 0.373. The van der Waals surface area contributed by atoms with Crippen LogP contribution in [0.3, 0.4) is 0 Å². The first-order chi connectivity index (χ1) is 10.5. The number of carbonyl (C=O) groups is 2. The molecular weight excluding hydrogens is 282 g/mol. The Kier molecular flexibility index (Phi) is 8.42. The molecule has 2 amide bonds. The molecular formula is C16H31N3O3. The lowest BCUT2D eigenvalue weighted by Gasteiger charge is -2.41. The van der Waals surface area contributed by atoms with E-state index in [1.165, 1.54) is 0 Å². The van der Waals surface area contributed by atoms with E-state index in [0.717, 1.165) is 45.6 Å². The second kappa shape index (κ2) is 9.79. The van der Waals surface area contributed by atoms with Crippen molar-refractivity contribution in [1.82, 2.24) is 15.1 Å². The normalized spacial score (nSPS) is 20.7. The van der Waals surface area contributed by atoms with E-state index in [2.05, 4.69) is 17.1 Å². The highest BCUT2D eigenvalue weighted by Gasteiger charge is 2.28. The first-order valence-electron chi connectivity index (χ1n) is 8.31. The molecule has 22 heavy (non-hydrogen) atoms. The molecule has 0 aromatic rings. The lowest BCUT2D eigenvalue weighted by Crippen LogP contribution is -2.56. The number of nitrogens with one attached hydrogen (secondary N) is 1. The fraction of sp³-hybridized carbons (Fsp3) is 0.875. The molecule has 0 saturated carbocycles. The van der Waals surface area contributed by atoms with Crippen LogP contribution in [0.5, 0.6) is 0 Å². The first kappa shape index (κ1) is 18.9. The Morgan fingerprint density at radius 1 is 1.32 bits per heavy atom. The number of amides is 2. The molecule has 1 heterocycles. The van der Waals surface area contributed by atoms with Gasteiger partial charge in [0.2, 0.25) is 11.8 Å². The Labute approximate surface area is 134 Å². The molecule has 0 aromatic heterocycles. The van der Waals surface area contributed by atoms with Gasteiger partial charge < -0.3 is 15.0 Å². The molecule has 6 nitrogen and oxygen atoms in total. The smallest absolute Gasteiger partial charge is 0.242 e. The van der Waals surface area contributed by atoms with E-state index in [9.17, 15) is 9.59 Å². The molecule has 0 spiro atoms. The highest BCUT2D eigenvalue weighted by atomic mass is 16.5. The van der Waals surface area contributed by atoms with Crippen LogP contribution >= 0.6 is 0 Å². The monoisotopic (exact) mass is 313 g/mol. The maximum absolute atomic E-state index is 12.3. The molecule has 1 N–H and O–H groups in total. The van der Waals surface area contributed by atoms with Crippen molar-refractivity contribution in [2.45, 2.75) is 39.7 Å². The molecule has 1 aliphatic heterocycles. The summed E-state index contributed by atoms with van der Waals surface area (Å²) in [4.78, 5) is 28.3. The van der Waals surface area contributed by atoms with Crippen LogP contribution in [0.25, 0.3) is 0 Å². The fourth-order valence-electron chi connectivity index (χ4n) is 2.64. The van der Waals surface area contributed by atoms with Gasteiger partial charge in [0.05, 0.1) is 13.2 Å². The summed E-state index contributed by atoms with van der Waals surface area (Å²) in [6.45, 7) is 10.0. The van der Waals surface area contributed by atoms with Crippen LogP contribution in [-0.2, 0) is 14.3 Å². The molecule has 128 valence electrons. The van der Waals surface area contributed by atoms with Gasteiger partial charge in [-0.15, -0.1) is 0 Å². The minimum atomic E-state index is -0.0402. The Morgan fingerprint density at radius 2 is 2.05 bits per heavy atom. The molecule has 1 saturated heterocycles. The third-order valence-corrected chi connectivity index (χ3v) is 4.49. The number of hydrogen-bond donors (Lipinski definition) is 1. The van der Waals surface area contributed by atoms with Crippen LogP contribution < -0.4 is 5.32 Å². The second-order valence-electron chi connectivity index (χ2n) is 5.96. The van der Waals surface area contributed by atoms with Gasteiger partial charge in [0, 0.05) is 45.2 Å². The zero-order valence-corrected chi connectivity index (χ0v) is 14.4. The molecule has 6 heteroatoms. The number of nitrogens with zero attached hydrogens (tertiary/aromatic N) is 2. The maximum Gasteiger partial charge on any atom is 0.242 e. The quantitative estimate of drug-likeness (QED) is 0.717. The highest BCUT2D eigenvalue weighted by molar-refractivity contribution is 5.85. The lowest BCUT2D eigenvalue weighted by molar-refractivity contribution is -0.136. The van der Waals surface area contributed by atoms with E-state index in [4.69, 9.17) is 4.74 Å². The topological polar surface area (TPSA) is 61.9 Å². The van der Waals surface area contributed by atoms with Crippen molar-refractivity contribution in [1.29, 1.82) is 0 Å². The van der Waals surface area contributed by atoms with Crippen molar-refractivity contribution >= 4 is 11.8 Å². The zero-order chi connectivity index (χ0) is 16.5. The Hall–Kier alpha value is -1.14. The average Bonchev–Trinajstić information content (AvgIpc) is 2.56. The lowest BCUT2D eigenvalue weighted by atomic mass is 10.1. The molecule has 0 aromatic carbocycles. The summed E-state index contributed by atoms with van der Waals surface area (Å²) in [6.07, 6.45) is 1.79. The van der Waals surface area contributed by atoms with E-state index >= 15 is 0 Å². The van der Waals surface area contributed by atoms with E-state index < -0.39 is 0 Å². The largest absolute Gasteiger partial charge is 0.383 e. The van der Waals surface area contributed by atoms with Gasteiger partial charge in [-0.05, 0) is 12.8 Å². The Morgan fingerprint density at radius 3 is 2.64 bits per heavy atom.